The second kappa shape index (κ2) is 8.78. The average Bonchev–Trinajstić information content (AvgIpc) is 3.37. The molecule has 1 aliphatic rings. The summed E-state index contributed by atoms with van der Waals surface area (Å²) in [6, 6.07) is 8.95. The largest absolute Gasteiger partial charge is 0.354 e. The summed E-state index contributed by atoms with van der Waals surface area (Å²) in [6.45, 7) is 6.69. The fourth-order valence-electron chi connectivity index (χ4n) is 3.80. The van der Waals surface area contributed by atoms with Crippen molar-refractivity contribution in [2.75, 3.05) is 18.0 Å². The van der Waals surface area contributed by atoms with E-state index in [0.29, 0.717) is 12.4 Å². The summed E-state index contributed by atoms with van der Waals surface area (Å²) in [4.78, 5) is 43.1. The van der Waals surface area contributed by atoms with E-state index in [4.69, 9.17) is 0 Å². The van der Waals surface area contributed by atoms with E-state index in [2.05, 4.69) is 15.4 Å². The molecule has 1 N–H and O–H groups in total. The third kappa shape index (κ3) is 4.32. The summed E-state index contributed by atoms with van der Waals surface area (Å²) < 4.78 is 3.09. The smallest absolute Gasteiger partial charge is 0.266 e. The maximum absolute atomic E-state index is 12.7. The van der Waals surface area contributed by atoms with E-state index in [9.17, 15) is 14.4 Å². The van der Waals surface area contributed by atoms with Gasteiger partial charge in [-0.1, -0.05) is 6.07 Å². The molecule has 0 unspecified atom stereocenters. The summed E-state index contributed by atoms with van der Waals surface area (Å²) in [6.07, 6.45) is 3.61. The van der Waals surface area contributed by atoms with Crippen molar-refractivity contribution in [1.29, 1.82) is 0 Å². The fraction of sp³-hybridized carbons (Fsp3) is 0.348. The number of carbonyl (C=O) groups is 2. The highest BCUT2D eigenvalue weighted by molar-refractivity contribution is 6.00. The maximum Gasteiger partial charge on any atom is 0.266 e. The molecule has 2 amide bonds. The number of benzene rings is 1. The average molecular weight is 435 g/mol. The lowest BCUT2D eigenvalue weighted by molar-refractivity contribution is -0.126. The molecule has 1 aliphatic heterocycles. The van der Waals surface area contributed by atoms with E-state index in [-0.39, 0.29) is 36.9 Å². The van der Waals surface area contributed by atoms with E-state index in [1.807, 2.05) is 39.0 Å². The molecule has 4 rings (SSSR count). The van der Waals surface area contributed by atoms with Crippen molar-refractivity contribution in [3.63, 3.8) is 0 Å². The molecule has 32 heavy (non-hydrogen) atoms. The molecular weight excluding hydrogens is 408 g/mol. The quantitative estimate of drug-likeness (QED) is 0.634. The van der Waals surface area contributed by atoms with Gasteiger partial charge in [0.2, 0.25) is 11.8 Å². The zero-order valence-corrected chi connectivity index (χ0v) is 18.4. The Morgan fingerprint density at radius 2 is 1.94 bits per heavy atom. The van der Waals surface area contributed by atoms with Crippen molar-refractivity contribution < 1.29 is 9.59 Å². The molecule has 1 atom stereocenters. The van der Waals surface area contributed by atoms with Crippen LogP contribution in [0.4, 0.5) is 5.69 Å². The summed E-state index contributed by atoms with van der Waals surface area (Å²) in [7, 11) is 0. The van der Waals surface area contributed by atoms with Gasteiger partial charge in [-0.25, -0.2) is 9.67 Å². The van der Waals surface area contributed by atoms with Crippen LogP contribution in [0.1, 0.15) is 23.4 Å². The van der Waals surface area contributed by atoms with Crippen molar-refractivity contribution >= 4 is 17.5 Å². The lowest BCUT2D eigenvalue weighted by Gasteiger charge is -2.18. The third-order valence-electron chi connectivity index (χ3n) is 5.85. The van der Waals surface area contributed by atoms with E-state index in [0.717, 1.165) is 22.6 Å². The van der Waals surface area contributed by atoms with Crippen LogP contribution in [-0.4, -0.2) is 44.2 Å². The Morgan fingerprint density at radius 1 is 1.12 bits per heavy atom. The molecule has 3 heterocycles. The number of hydrogen-bond acceptors (Lipinski definition) is 5. The first-order valence-corrected chi connectivity index (χ1v) is 10.6. The van der Waals surface area contributed by atoms with Gasteiger partial charge in [0, 0.05) is 43.7 Å². The minimum Gasteiger partial charge on any atom is -0.354 e. The molecule has 166 valence electrons. The van der Waals surface area contributed by atoms with Gasteiger partial charge < -0.3 is 10.2 Å². The van der Waals surface area contributed by atoms with Gasteiger partial charge in [0.15, 0.2) is 5.82 Å². The Bertz CT molecular complexity index is 1230. The molecule has 9 nitrogen and oxygen atoms in total. The highest BCUT2D eigenvalue weighted by Gasteiger charge is 2.35. The molecule has 0 saturated carbocycles. The van der Waals surface area contributed by atoms with Crippen LogP contribution < -0.4 is 15.8 Å². The van der Waals surface area contributed by atoms with E-state index in [1.54, 1.807) is 27.9 Å². The van der Waals surface area contributed by atoms with Crippen molar-refractivity contribution in [3.8, 4) is 5.82 Å². The molecular formula is C23H26N6O3. The number of nitrogens with one attached hydrogen (secondary N) is 1. The SMILES string of the molecule is Cc1ccc(N2C[C@H](C(=O)NCCn3nc(-n4ccnc4C)ccc3=O)CC2=O)cc1C. The maximum atomic E-state index is 12.7. The standard InChI is InChI=1S/C23H26N6O3/c1-15-4-5-19(12-16(15)2)28-14-18(13-22(28)31)23(32)25-9-11-29-21(30)7-6-20(26-29)27-10-8-24-17(27)3/h4-8,10,12,18H,9,11,13-14H2,1-3H3,(H,25,32)/t18-/m1/s1. The summed E-state index contributed by atoms with van der Waals surface area (Å²) in [5.74, 6) is 0.661. The number of nitrogens with zero attached hydrogens (tertiary/aromatic N) is 5. The van der Waals surface area contributed by atoms with E-state index >= 15 is 0 Å². The summed E-state index contributed by atoms with van der Waals surface area (Å²) in [5, 5.41) is 7.20. The molecule has 1 fully saturated rings. The van der Waals surface area contributed by atoms with Gasteiger partial charge in [-0.2, -0.15) is 5.10 Å². The molecule has 0 aliphatic carbocycles. The van der Waals surface area contributed by atoms with Crippen LogP contribution in [0.3, 0.4) is 0 Å². The number of aromatic nitrogens is 4. The van der Waals surface area contributed by atoms with E-state index in [1.165, 1.54) is 10.7 Å². The topological polar surface area (TPSA) is 102 Å². The van der Waals surface area contributed by atoms with Crippen LogP contribution in [-0.2, 0) is 16.1 Å². The fourth-order valence-corrected chi connectivity index (χ4v) is 3.80. The van der Waals surface area contributed by atoms with Gasteiger partial charge >= 0.3 is 0 Å². The van der Waals surface area contributed by atoms with Crippen molar-refractivity contribution in [2.45, 2.75) is 33.7 Å². The molecule has 1 saturated heterocycles. The Kier molecular flexibility index (Phi) is 5.89. The van der Waals surface area contributed by atoms with Crippen LogP contribution in [0.15, 0.2) is 47.5 Å². The second-order valence-electron chi connectivity index (χ2n) is 8.06. The summed E-state index contributed by atoms with van der Waals surface area (Å²) in [5.41, 5.74) is 2.83. The number of anilines is 1. The van der Waals surface area contributed by atoms with Crippen LogP contribution in [0.25, 0.3) is 5.82 Å². The van der Waals surface area contributed by atoms with Crippen molar-refractivity contribution in [3.05, 3.63) is 70.0 Å². The third-order valence-corrected chi connectivity index (χ3v) is 5.85. The predicted octanol–water partition coefficient (Wildman–Crippen LogP) is 1.52. The molecule has 1 aromatic carbocycles. The predicted molar refractivity (Wildman–Crippen MR) is 120 cm³/mol. The normalized spacial score (nSPS) is 15.9. The lowest BCUT2D eigenvalue weighted by Crippen LogP contribution is -2.36. The van der Waals surface area contributed by atoms with E-state index < -0.39 is 5.92 Å². The molecule has 9 heteroatoms. The summed E-state index contributed by atoms with van der Waals surface area (Å²) >= 11 is 0. The highest BCUT2D eigenvalue weighted by Crippen LogP contribution is 2.26. The first-order chi connectivity index (χ1) is 15.3. The van der Waals surface area contributed by atoms with Crippen LogP contribution in [0.5, 0.6) is 0 Å². The minimum atomic E-state index is -0.422. The van der Waals surface area contributed by atoms with Gasteiger partial charge in [-0.3, -0.25) is 19.0 Å². The molecule has 2 aromatic heterocycles. The molecule has 0 spiro atoms. The van der Waals surface area contributed by atoms with Crippen LogP contribution >= 0.6 is 0 Å². The Morgan fingerprint density at radius 3 is 2.66 bits per heavy atom. The molecule has 0 bridgehead atoms. The van der Waals surface area contributed by atoms with Crippen LogP contribution in [0, 0.1) is 26.7 Å². The van der Waals surface area contributed by atoms with Gasteiger partial charge in [0.25, 0.3) is 5.56 Å². The first kappa shape index (κ1) is 21.5. The number of amides is 2. The monoisotopic (exact) mass is 434 g/mol. The zero-order valence-electron chi connectivity index (χ0n) is 18.4. The lowest BCUT2D eigenvalue weighted by atomic mass is 10.1. The number of rotatable bonds is 6. The highest BCUT2D eigenvalue weighted by atomic mass is 16.2. The number of imidazole rings is 1. The Hall–Kier alpha value is -3.75. The second-order valence-corrected chi connectivity index (χ2v) is 8.06. The van der Waals surface area contributed by atoms with Crippen LogP contribution in [0.2, 0.25) is 0 Å². The van der Waals surface area contributed by atoms with Gasteiger partial charge in [-0.15, -0.1) is 0 Å². The van der Waals surface area contributed by atoms with Gasteiger partial charge in [-0.05, 0) is 50.1 Å². The number of carbonyl (C=O) groups excluding carboxylic acids is 2. The molecule has 0 radical (unpaired) electrons. The number of hydrogen-bond donors (Lipinski definition) is 1. The Balaban J connectivity index is 1.36. The van der Waals surface area contributed by atoms with Crippen molar-refractivity contribution in [2.24, 2.45) is 5.92 Å². The van der Waals surface area contributed by atoms with Crippen molar-refractivity contribution in [1.82, 2.24) is 24.6 Å². The Labute approximate surface area is 185 Å². The number of aryl methyl sites for hydroxylation is 3. The first-order valence-electron chi connectivity index (χ1n) is 10.6. The molecule has 3 aromatic rings. The van der Waals surface area contributed by atoms with Gasteiger partial charge in [0.1, 0.15) is 5.82 Å². The van der Waals surface area contributed by atoms with Gasteiger partial charge in [0.05, 0.1) is 12.5 Å². The zero-order chi connectivity index (χ0) is 22.8. The minimum absolute atomic E-state index is 0.0605.